The highest BCUT2D eigenvalue weighted by Gasteiger charge is 2.14. The Bertz CT molecular complexity index is 355. The summed E-state index contributed by atoms with van der Waals surface area (Å²) in [5, 5.41) is 1.14. The van der Waals surface area contributed by atoms with E-state index in [0.29, 0.717) is 16.9 Å². The summed E-state index contributed by atoms with van der Waals surface area (Å²) in [6.07, 6.45) is 0. The van der Waals surface area contributed by atoms with Gasteiger partial charge in [-0.15, -0.1) is 0 Å². The van der Waals surface area contributed by atoms with Crippen molar-refractivity contribution in [3.05, 3.63) is 23.4 Å². The Morgan fingerprint density at radius 1 is 1.57 bits per heavy atom. The van der Waals surface area contributed by atoms with Gasteiger partial charge in [-0.1, -0.05) is 6.07 Å². The van der Waals surface area contributed by atoms with Gasteiger partial charge in [-0.3, -0.25) is 14.6 Å². The molecule has 0 spiro atoms. The van der Waals surface area contributed by atoms with Crippen LogP contribution in [0.3, 0.4) is 0 Å². The van der Waals surface area contributed by atoms with Crippen molar-refractivity contribution < 1.29 is 9.63 Å². The number of aromatic nitrogens is 1. The van der Waals surface area contributed by atoms with Crippen LogP contribution in [0.5, 0.6) is 0 Å². The molecule has 0 aliphatic carbocycles. The van der Waals surface area contributed by atoms with Crippen LogP contribution in [0.25, 0.3) is 0 Å². The van der Waals surface area contributed by atoms with E-state index < -0.39 is 0 Å². The average molecular weight is 190 g/mol. The van der Waals surface area contributed by atoms with Gasteiger partial charge in [-0.25, -0.2) is 5.06 Å². The molecule has 1 aromatic heterocycles. The lowest BCUT2D eigenvalue weighted by Gasteiger charge is -2.14. The van der Waals surface area contributed by atoms with Gasteiger partial charge < -0.3 is 0 Å². The van der Waals surface area contributed by atoms with E-state index in [-0.39, 0.29) is 5.91 Å². The molecule has 14 heavy (non-hydrogen) atoms. The number of hydrogen-bond donors (Lipinski definition) is 0. The molecule has 2 radical (unpaired) electrons. The normalized spacial score (nSPS) is 9.93. The third kappa shape index (κ3) is 2.11. The third-order valence-corrected chi connectivity index (χ3v) is 1.90. The van der Waals surface area contributed by atoms with Crippen molar-refractivity contribution in [3.8, 4) is 0 Å². The summed E-state index contributed by atoms with van der Waals surface area (Å²) in [5.41, 5.74) is 1.49. The SMILES string of the molecule is [B]c1ccc(C(=O)N(C)OC)c(C)n1. The van der Waals surface area contributed by atoms with E-state index in [9.17, 15) is 4.79 Å². The first kappa shape index (κ1) is 10.7. The lowest BCUT2D eigenvalue weighted by atomic mass is 10.0. The molecule has 0 unspecified atom stereocenters. The second-order valence-electron chi connectivity index (χ2n) is 2.85. The van der Waals surface area contributed by atoms with Crippen LogP contribution in [0.1, 0.15) is 16.1 Å². The summed E-state index contributed by atoms with van der Waals surface area (Å²) in [7, 11) is 8.44. The van der Waals surface area contributed by atoms with Crippen molar-refractivity contribution in [3.63, 3.8) is 0 Å². The van der Waals surface area contributed by atoms with Crippen LogP contribution in [0, 0.1) is 6.92 Å². The molecule has 0 atom stereocenters. The minimum Gasteiger partial charge on any atom is -0.274 e. The van der Waals surface area contributed by atoms with Gasteiger partial charge >= 0.3 is 0 Å². The number of rotatable bonds is 2. The lowest BCUT2D eigenvalue weighted by Crippen LogP contribution is -2.27. The van der Waals surface area contributed by atoms with E-state index in [2.05, 4.69) is 4.98 Å². The van der Waals surface area contributed by atoms with Gasteiger partial charge in [0, 0.05) is 12.7 Å². The zero-order valence-electron chi connectivity index (χ0n) is 8.44. The Labute approximate surface area is 84.3 Å². The summed E-state index contributed by atoms with van der Waals surface area (Å²) >= 11 is 0. The predicted molar refractivity (Wildman–Crippen MR) is 53.5 cm³/mol. The van der Waals surface area contributed by atoms with Crippen LogP contribution in [-0.2, 0) is 4.84 Å². The fraction of sp³-hybridized carbons (Fsp3) is 0.333. The molecule has 0 saturated carbocycles. The van der Waals surface area contributed by atoms with Crippen LogP contribution in [-0.4, -0.2) is 38.0 Å². The fourth-order valence-corrected chi connectivity index (χ4v) is 1.06. The number of carbonyl (C=O) groups excluding carboxylic acids is 1. The standard InChI is InChI=1S/C9H11BN2O2/c1-6-7(4-5-8(10)11-6)9(13)12(2)14-3/h4-5H,1-3H3. The van der Waals surface area contributed by atoms with Gasteiger partial charge in [0.1, 0.15) is 7.85 Å². The van der Waals surface area contributed by atoms with Crippen molar-refractivity contribution >= 4 is 19.3 Å². The summed E-state index contributed by atoms with van der Waals surface area (Å²) in [6.45, 7) is 1.73. The topological polar surface area (TPSA) is 42.4 Å². The van der Waals surface area contributed by atoms with Gasteiger partial charge in [0.2, 0.25) is 0 Å². The second-order valence-corrected chi connectivity index (χ2v) is 2.85. The van der Waals surface area contributed by atoms with Gasteiger partial charge in [-0.2, -0.15) is 0 Å². The molecular formula is C9H11BN2O2. The molecule has 0 aliphatic rings. The predicted octanol–water partition coefficient (Wildman–Crippen LogP) is -0.183. The number of hydrogen-bond acceptors (Lipinski definition) is 3. The van der Waals surface area contributed by atoms with Gasteiger partial charge in [0.05, 0.1) is 12.7 Å². The maximum Gasteiger partial charge on any atom is 0.278 e. The summed E-state index contributed by atoms with van der Waals surface area (Å²) in [6, 6.07) is 3.22. The Hall–Kier alpha value is -1.36. The van der Waals surface area contributed by atoms with E-state index in [0.717, 1.165) is 5.06 Å². The molecular weight excluding hydrogens is 179 g/mol. The summed E-state index contributed by atoms with van der Waals surface area (Å²) < 4.78 is 0. The summed E-state index contributed by atoms with van der Waals surface area (Å²) in [4.78, 5) is 20.4. The number of carbonyl (C=O) groups is 1. The highest BCUT2D eigenvalue weighted by Crippen LogP contribution is 2.05. The first-order chi connectivity index (χ1) is 6.56. The first-order valence-electron chi connectivity index (χ1n) is 4.11. The maximum atomic E-state index is 11.6. The van der Waals surface area contributed by atoms with Crippen LogP contribution in [0.15, 0.2) is 12.1 Å². The monoisotopic (exact) mass is 190 g/mol. The molecule has 0 saturated heterocycles. The molecule has 0 N–H and O–H groups in total. The molecule has 0 bridgehead atoms. The van der Waals surface area contributed by atoms with Crippen molar-refractivity contribution in [2.75, 3.05) is 14.2 Å². The number of amides is 1. The smallest absolute Gasteiger partial charge is 0.274 e. The maximum absolute atomic E-state index is 11.6. The zero-order valence-corrected chi connectivity index (χ0v) is 8.44. The molecule has 1 amide bonds. The van der Waals surface area contributed by atoms with Crippen LogP contribution < -0.4 is 5.59 Å². The molecule has 72 valence electrons. The van der Waals surface area contributed by atoms with E-state index in [1.165, 1.54) is 14.2 Å². The molecule has 1 aromatic rings. The van der Waals surface area contributed by atoms with Crippen molar-refractivity contribution in [2.45, 2.75) is 6.92 Å². The Balaban J connectivity index is 3.02. The molecule has 5 heteroatoms. The van der Waals surface area contributed by atoms with E-state index in [1.54, 1.807) is 19.1 Å². The van der Waals surface area contributed by atoms with E-state index in [4.69, 9.17) is 12.7 Å². The summed E-state index contributed by atoms with van der Waals surface area (Å²) in [5.74, 6) is -0.238. The molecule has 0 aliphatic heterocycles. The Morgan fingerprint density at radius 2 is 2.21 bits per heavy atom. The van der Waals surface area contributed by atoms with Crippen LogP contribution >= 0.6 is 0 Å². The number of aryl methyl sites for hydroxylation is 1. The highest BCUT2D eigenvalue weighted by atomic mass is 16.7. The quantitative estimate of drug-likeness (QED) is 0.479. The van der Waals surface area contributed by atoms with Gasteiger partial charge in [0.15, 0.2) is 0 Å². The second kappa shape index (κ2) is 4.24. The van der Waals surface area contributed by atoms with E-state index in [1.807, 2.05) is 0 Å². The van der Waals surface area contributed by atoms with Crippen molar-refractivity contribution in [1.82, 2.24) is 10.0 Å². The largest absolute Gasteiger partial charge is 0.278 e. The van der Waals surface area contributed by atoms with Crippen LogP contribution in [0.4, 0.5) is 0 Å². The third-order valence-electron chi connectivity index (χ3n) is 1.90. The zero-order chi connectivity index (χ0) is 10.7. The van der Waals surface area contributed by atoms with Crippen molar-refractivity contribution in [1.29, 1.82) is 0 Å². The fourth-order valence-electron chi connectivity index (χ4n) is 1.06. The number of hydroxylamine groups is 2. The minimum absolute atomic E-state index is 0.238. The molecule has 0 aromatic carbocycles. The number of nitrogens with zero attached hydrogens (tertiary/aromatic N) is 2. The Kier molecular flexibility index (Phi) is 3.25. The van der Waals surface area contributed by atoms with Crippen LogP contribution in [0.2, 0.25) is 0 Å². The van der Waals surface area contributed by atoms with E-state index >= 15 is 0 Å². The number of pyridine rings is 1. The lowest BCUT2D eigenvalue weighted by molar-refractivity contribution is -0.0757. The first-order valence-corrected chi connectivity index (χ1v) is 4.11. The highest BCUT2D eigenvalue weighted by molar-refractivity contribution is 6.30. The average Bonchev–Trinajstić information content (AvgIpc) is 2.15. The van der Waals surface area contributed by atoms with Gasteiger partial charge in [-0.05, 0) is 18.6 Å². The molecule has 4 nitrogen and oxygen atoms in total. The van der Waals surface area contributed by atoms with Gasteiger partial charge in [0.25, 0.3) is 5.91 Å². The molecule has 1 rings (SSSR count). The molecule has 0 fully saturated rings. The van der Waals surface area contributed by atoms with Crippen molar-refractivity contribution in [2.24, 2.45) is 0 Å². The Morgan fingerprint density at radius 3 is 2.71 bits per heavy atom. The minimum atomic E-state index is -0.238. The molecule has 1 heterocycles.